The number of aliphatic hydroxyl groups excluding tert-OH is 2. The minimum Gasteiger partial charge on any atom is -0.504 e. The van der Waals surface area contributed by atoms with Crippen molar-refractivity contribution in [2.75, 3.05) is 0 Å². The Bertz CT molecular complexity index is 1560. The molecule has 0 spiro atoms. The Morgan fingerprint density at radius 2 is 1.42 bits per heavy atom. The van der Waals surface area contributed by atoms with Gasteiger partial charge in [0.2, 0.25) is 11.6 Å². The van der Waals surface area contributed by atoms with Crippen molar-refractivity contribution in [3.63, 3.8) is 0 Å². The lowest BCUT2D eigenvalue weighted by Gasteiger charge is -2.18. The summed E-state index contributed by atoms with van der Waals surface area (Å²) in [5, 5.41) is 23.2. The molecule has 6 nitrogen and oxygen atoms in total. The maximum Gasteiger partial charge on any atom is 0.232 e. The van der Waals surface area contributed by atoms with Crippen LogP contribution >= 0.6 is 0 Å². The van der Waals surface area contributed by atoms with Gasteiger partial charge in [0.25, 0.3) is 0 Å². The van der Waals surface area contributed by atoms with Crippen LogP contribution in [-0.4, -0.2) is 31.7 Å². The van der Waals surface area contributed by atoms with Crippen LogP contribution in [0.25, 0.3) is 33.0 Å². The molecule has 6 heteroatoms. The van der Waals surface area contributed by atoms with Crippen LogP contribution < -0.4 is 0 Å². The maximum atomic E-state index is 13.3. The number of ketones is 2. The van der Waals surface area contributed by atoms with Gasteiger partial charge in [0.15, 0.2) is 11.5 Å². The van der Waals surface area contributed by atoms with Crippen molar-refractivity contribution in [3.8, 4) is 0 Å². The standard InChI is InChI=1S/C27H22N2O4/c1-14(2)10-11-15-6-5-9-20-21(15)18(13-29-20)23-26(32)24(30)22(25(31)27(23)33)17-12-28-19-8-4-3-7-16(17)19/h3-10,12-13,28-30,33H,11H2,1-2H3. The molecule has 2 aromatic heterocycles. The third kappa shape index (κ3) is 3.19. The highest BCUT2D eigenvalue weighted by molar-refractivity contribution is 6.48. The van der Waals surface area contributed by atoms with Crippen molar-refractivity contribution in [3.05, 3.63) is 94.7 Å². The number of aromatic amines is 2. The third-order valence-corrected chi connectivity index (χ3v) is 6.01. The second-order valence-corrected chi connectivity index (χ2v) is 8.38. The summed E-state index contributed by atoms with van der Waals surface area (Å²) < 4.78 is 0. The van der Waals surface area contributed by atoms with Crippen molar-refractivity contribution < 1.29 is 19.8 Å². The van der Waals surface area contributed by atoms with Crippen LogP contribution in [0.15, 0.2) is 78.0 Å². The second kappa shape index (κ2) is 7.67. The molecule has 4 N–H and O–H groups in total. The fourth-order valence-electron chi connectivity index (χ4n) is 4.40. The molecule has 164 valence electrons. The number of aromatic nitrogens is 2. The fraction of sp³-hybridized carbons (Fsp3) is 0.111. The molecule has 4 aromatic rings. The van der Waals surface area contributed by atoms with E-state index >= 15 is 0 Å². The Balaban J connectivity index is 1.68. The molecule has 0 saturated heterocycles. The van der Waals surface area contributed by atoms with E-state index in [-0.39, 0.29) is 11.1 Å². The first-order valence-electron chi connectivity index (χ1n) is 10.6. The zero-order valence-corrected chi connectivity index (χ0v) is 18.2. The summed E-state index contributed by atoms with van der Waals surface area (Å²) in [6.45, 7) is 4.01. The number of fused-ring (bicyclic) bond motifs is 2. The van der Waals surface area contributed by atoms with Gasteiger partial charge in [0.1, 0.15) is 0 Å². The second-order valence-electron chi connectivity index (χ2n) is 8.38. The van der Waals surface area contributed by atoms with E-state index in [1.165, 1.54) is 0 Å². The maximum absolute atomic E-state index is 13.3. The molecule has 0 atom stereocenters. The van der Waals surface area contributed by atoms with Crippen molar-refractivity contribution in [1.82, 2.24) is 9.97 Å². The molecule has 2 heterocycles. The predicted molar refractivity (Wildman–Crippen MR) is 129 cm³/mol. The van der Waals surface area contributed by atoms with Crippen LogP contribution in [0.3, 0.4) is 0 Å². The van der Waals surface area contributed by atoms with Crippen molar-refractivity contribution in [1.29, 1.82) is 0 Å². The van der Waals surface area contributed by atoms with Gasteiger partial charge in [-0.15, -0.1) is 0 Å². The van der Waals surface area contributed by atoms with E-state index < -0.39 is 23.1 Å². The van der Waals surface area contributed by atoms with Crippen LogP contribution in [-0.2, 0) is 16.0 Å². The van der Waals surface area contributed by atoms with Crippen LogP contribution in [0, 0.1) is 0 Å². The van der Waals surface area contributed by atoms with Crippen molar-refractivity contribution >= 4 is 44.5 Å². The minimum absolute atomic E-state index is 0.197. The monoisotopic (exact) mass is 438 g/mol. The summed E-state index contributed by atoms with van der Waals surface area (Å²) in [4.78, 5) is 32.7. The molecule has 0 amide bonds. The SMILES string of the molecule is CC(C)=CCc1cccc2[nH]cc(C3=C(O)C(=O)C(c4c[nH]c5ccccc45)=C(O)C3=O)c12. The topological polar surface area (TPSA) is 106 Å². The van der Waals surface area contributed by atoms with Gasteiger partial charge in [-0.05, 0) is 38.0 Å². The first-order chi connectivity index (χ1) is 15.9. The van der Waals surface area contributed by atoms with Crippen molar-refractivity contribution in [2.24, 2.45) is 0 Å². The lowest BCUT2D eigenvalue weighted by molar-refractivity contribution is -0.116. The number of carbonyl (C=O) groups excluding carboxylic acids is 2. The third-order valence-electron chi connectivity index (χ3n) is 6.01. The average molecular weight is 438 g/mol. The average Bonchev–Trinajstić information content (AvgIpc) is 3.42. The van der Waals surface area contributed by atoms with E-state index in [9.17, 15) is 19.8 Å². The van der Waals surface area contributed by atoms with Gasteiger partial charge in [-0.25, -0.2) is 0 Å². The zero-order valence-electron chi connectivity index (χ0n) is 18.2. The van der Waals surface area contributed by atoms with E-state index in [1.807, 2.05) is 44.2 Å². The van der Waals surface area contributed by atoms with E-state index in [1.54, 1.807) is 24.5 Å². The quantitative estimate of drug-likeness (QED) is 0.248. The smallest absolute Gasteiger partial charge is 0.232 e. The molecule has 1 aliphatic rings. The largest absolute Gasteiger partial charge is 0.504 e. The molecule has 0 unspecified atom stereocenters. The predicted octanol–water partition coefficient (Wildman–Crippen LogP) is 5.55. The van der Waals surface area contributed by atoms with Gasteiger partial charge in [0, 0.05) is 45.3 Å². The van der Waals surface area contributed by atoms with Crippen LogP contribution in [0.2, 0.25) is 0 Å². The van der Waals surface area contributed by atoms with Gasteiger partial charge in [-0.1, -0.05) is 42.0 Å². The summed E-state index contributed by atoms with van der Waals surface area (Å²) in [5.41, 5.74) is 3.98. The number of hydrogen-bond acceptors (Lipinski definition) is 4. The molecule has 0 saturated carbocycles. The van der Waals surface area contributed by atoms with E-state index in [4.69, 9.17) is 0 Å². The zero-order chi connectivity index (χ0) is 23.3. The molecular formula is C27H22N2O4. The van der Waals surface area contributed by atoms with Gasteiger partial charge in [-0.2, -0.15) is 0 Å². The minimum atomic E-state index is -0.789. The number of aliphatic hydroxyl groups is 2. The summed E-state index contributed by atoms with van der Waals surface area (Å²) in [6, 6.07) is 13.0. The fourth-order valence-corrected chi connectivity index (χ4v) is 4.40. The number of para-hydroxylation sites is 1. The van der Waals surface area contributed by atoms with E-state index in [2.05, 4.69) is 16.0 Å². The summed E-state index contributed by atoms with van der Waals surface area (Å²) in [6.07, 6.45) is 5.85. The van der Waals surface area contributed by atoms with Crippen LogP contribution in [0.4, 0.5) is 0 Å². The number of allylic oxidation sites excluding steroid dienone is 4. The Labute approximate surface area is 189 Å². The Morgan fingerprint density at radius 1 is 0.818 bits per heavy atom. The highest BCUT2D eigenvalue weighted by Crippen LogP contribution is 2.39. The summed E-state index contributed by atoms with van der Waals surface area (Å²) in [7, 11) is 0. The normalized spacial score (nSPS) is 14.6. The van der Waals surface area contributed by atoms with Gasteiger partial charge in [-0.3, -0.25) is 9.59 Å². The van der Waals surface area contributed by atoms with Crippen LogP contribution in [0.1, 0.15) is 30.5 Å². The Hall–Kier alpha value is -4.32. The molecule has 0 aliphatic heterocycles. The lowest BCUT2D eigenvalue weighted by atomic mass is 9.85. The first-order valence-corrected chi connectivity index (χ1v) is 10.6. The summed E-state index contributed by atoms with van der Waals surface area (Å²) >= 11 is 0. The van der Waals surface area contributed by atoms with Gasteiger partial charge < -0.3 is 20.2 Å². The molecule has 0 radical (unpaired) electrons. The van der Waals surface area contributed by atoms with E-state index in [0.29, 0.717) is 22.9 Å². The highest BCUT2D eigenvalue weighted by Gasteiger charge is 2.38. The number of benzene rings is 2. The number of H-pyrrole nitrogens is 2. The molecule has 0 fully saturated rings. The Kier molecular flexibility index (Phi) is 4.78. The number of carbonyl (C=O) groups is 2. The molecule has 0 bridgehead atoms. The molecular weight excluding hydrogens is 416 g/mol. The van der Waals surface area contributed by atoms with Crippen molar-refractivity contribution in [2.45, 2.75) is 20.3 Å². The number of nitrogens with one attached hydrogen (secondary N) is 2. The molecule has 5 rings (SSSR count). The number of rotatable bonds is 4. The van der Waals surface area contributed by atoms with Gasteiger partial charge >= 0.3 is 0 Å². The number of Topliss-reactive ketones (excluding diaryl/α,β-unsaturated/α-hetero) is 2. The Morgan fingerprint density at radius 3 is 2.15 bits per heavy atom. The van der Waals surface area contributed by atoms with Crippen LogP contribution in [0.5, 0.6) is 0 Å². The molecule has 33 heavy (non-hydrogen) atoms. The van der Waals surface area contributed by atoms with E-state index in [0.717, 1.165) is 27.6 Å². The summed E-state index contributed by atoms with van der Waals surface area (Å²) in [5.74, 6) is -2.92. The molecule has 1 aliphatic carbocycles. The molecule has 2 aromatic carbocycles. The first kappa shape index (κ1) is 20.6. The highest BCUT2D eigenvalue weighted by atomic mass is 16.3. The lowest BCUT2D eigenvalue weighted by Crippen LogP contribution is -2.22. The van der Waals surface area contributed by atoms with Gasteiger partial charge in [0.05, 0.1) is 11.1 Å². The number of hydrogen-bond donors (Lipinski definition) is 4.